The average molecular weight is 148 g/mol. The molecule has 10 heavy (non-hydrogen) atoms. The van der Waals surface area contributed by atoms with E-state index in [1.165, 1.54) is 22.4 Å². The summed E-state index contributed by atoms with van der Waals surface area (Å²) >= 11 is 1.50. The van der Waals surface area contributed by atoms with E-state index in [1.54, 1.807) is 0 Å². The van der Waals surface area contributed by atoms with Crippen molar-refractivity contribution in [3.63, 3.8) is 0 Å². The quantitative estimate of drug-likeness (QED) is 0.514. The molecule has 49 valence electrons. The van der Waals surface area contributed by atoms with E-state index in [4.69, 9.17) is 0 Å². The topological polar surface area (TPSA) is 12.4 Å². The molecule has 0 amide bonds. The highest BCUT2D eigenvalue weighted by Gasteiger charge is 2.03. The molecule has 0 fully saturated rings. The predicted octanol–water partition coefficient (Wildman–Crippen LogP) is 2.20. The molecule has 0 saturated heterocycles. The van der Waals surface area contributed by atoms with Crippen LogP contribution in [0.3, 0.4) is 0 Å². The van der Waals surface area contributed by atoms with Crippen molar-refractivity contribution >= 4 is 18.2 Å². The van der Waals surface area contributed by atoms with Crippen molar-refractivity contribution in [2.75, 3.05) is 0 Å². The Balaban J connectivity index is 2.47. The molecule has 1 aliphatic heterocycles. The summed E-state index contributed by atoms with van der Waals surface area (Å²) in [6, 6.07) is 8.29. The fraction of sp³-hybridized carbons (Fsp3) is 0.125. The predicted molar refractivity (Wildman–Crippen MR) is 43.4 cm³/mol. The van der Waals surface area contributed by atoms with E-state index in [2.05, 4.69) is 22.7 Å². The van der Waals surface area contributed by atoms with E-state index < -0.39 is 0 Å². The molecular weight excluding hydrogens is 142 g/mol. The van der Waals surface area contributed by atoms with Gasteiger partial charge in [-0.2, -0.15) is 0 Å². The van der Waals surface area contributed by atoms with Crippen LogP contribution in [0.4, 0.5) is 0 Å². The lowest BCUT2D eigenvalue weighted by Crippen LogP contribution is -1.92. The molecule has 2 rings (SSSR count). The van der Waals surface area contributed by atoms with Gasteiger partial charge in [0.1, 0.15) is 0 Å². The summed E-state index contributed by atoms with van der Waals surface area (Å²) < 4.78 is 3.99. The van der Waals surface area contributed by atoms with Crippen LogP contribution in [0.1, 0.15) is 5.56 Å². The Bertz CT molecular complexity index is 241. The Morgan fingerprint density at radius 3 is 3.20 bits per heavy atom. The second-order valence-corrected chi connectivity index (χ2v) is 2.93. The van der Waals surface area contributed by atoms with Crippen molar-refractivity contribution in [3.8, 4) is 0 Å². The number of hydrogen-bond donors (Lipinski definition) is 0. The summed E-state index contributed by atoms with van der Waals surface area (Å²) in [5.74, 6) is 0. The van der Waals surface area contributed by atoms with Gasteiger partial charge < -0.3 is 0 Å². The molecule has 0 spiro atoms. The van der Waals surface area contributed by atoms with Gasteiger partial charge in [-0.15, -0.1) is 0 Å². The van der Waals surface area contributed by atoms with Gasteiger partial charge in [0, 0.05) is 23.3 Å². The SMILES string of the molecule is [C]1=NSc2ccccc2C1. The lowest BCUT2D eigenvalue weighted by atomic mass is 10.2. The van der Waals surface area contributed by atoms with Crippen LogP contribution in [0.5, 0.6) is 0 Å². The van der Waals surface area contributed by atoms with E-state index in [9.17, 15) is 0 Å². The van der Waals surface area contributed by atoms with E-state index in [0.717, 1.165) is 6.42 Å². The second kappa shape index (κ2) is 2.46. The van der Waals surface area contributed by atoms with Gasteiger partial charge >= 0.3 is 0 Å². The van der Waals surface area contributed by atoms with Gasteiger partial charge in [-0.25, -0.2) is 4.40 Å². The van der Waals surface area contributed by atoms with Crippen molar-refractivity contribution < 1.29 is 0 Å². The zero-order chi connectivity index (χ0) is 6.81. The normalized spacial score (nSPS) is 14.8. The highest BCUT2D eigenvalue weighted by molar-refractivity contribution is 7.98. The van der Waals surface area contributed by atoms with Crippen LogP contribution in [-0.2, 0) is 6.42 Å². The van der Waals surface area contributed by atoms with E-state index in [1.807, 2.05) is 12.1 Å². The summed E-state index contributed by atoms with van der Waals surface area (Å²) in [6.45, 7) is 0. The van der Waals surface area contributed by atoms with Crippen molar-refractivity contribution in [3.05, 3.63) is 29.8 Å². The Labute approximate surface area is 64.3 Å². The zero-order valence-corrected chi connectivity index (χ0v) is 6.19. The van der Waals surface area contributed by atoms with E-state index >= 15 is 0 Å². The second-order valence-electron chi connectivity index (χ2n) is 2.13. The van der Waals surface area contributed by atoms with Crippen molar-refractivity contribution in [2.24, 2.45) is 4.40 Å². The summed E-state index contributed by atoms with van der Waals surface area (Å²) in [6.07, 6.45) is 3.79. The van der Waals surface area contributed by atoms with Gasteiger partial charge in [0.2, 0.25) is 0 Å². The molecule has 0 aromatic heterocycles. The molecule has 1 aromatic rings. The van der Waals surface area contributed by atoms with Gasteiger partial charge in [0.15, 0.2) is 0 Å². The lowest BCUT2D eigenvalue weighted by molar-refractivity contribution is 1.22. The van der Waals surface area contributed by atoms with Gasteiger partial charge in [-0.1, -0.05) is 18.2 Å². The van der Waals surface area contributed by atoms with E-state index in [0.29, 0.717) is 0 Å². The summed E-state index contributed by atoms with van der Waals surface area (Å²) in [5.41, 5.74) is 1.34. The van der Waals surface area contributed by atoms with Crippen LogP contribution in [-0.4, -0.2) is 6.21 Å². The smallest absolute Gasteiger partial charge is 0.0760 e. The minimum atomic E-state index is 0.864. The maximum atomic E-state index is 3.99. The van der Waals surface area contributed by atoms with Crippen molar-refractivity contribution in [2.45, 2.75) is 11.3 Å². The number of nitrogens with zero attached hydrogens (tertiary/aromatic N) is 1. The molecule has 0 atom stereocenters. The van der Waals surface area contributed by atoms with Crippen LogP contribution in [0.25, 0.3) is 0 Å². The third kappa shape index (κ3) is 0.948. The van der Waals surface area contributed by atoms with Crippen molar-refractivity contribution in [1.82, 2.24) is 0 Å². The third-order valence-corrected chi connectivity index (χ3v) is 2.27. The maximum Gasteiger partial charge on any atom is 0.0760 e. The Hall–Kier alpha value is -0.760. The first kappa shape index (κ1) is 5.98. The first-order valence-corrected chi connectivity index (χ1v) is 3.92. The Morgan fingerprint density at radius 2 is 2.30 bits per heavy atom. The summed E-state index contributed by atoms with van der Waals surface area (Å²) in [7, 11) is 0. The molecule has 0 aliphatic carbocycles. The third-order valence-electron chi connectivity index (χ3n) is 1.45. The minimum Gasteiger partial charge on any atom is -0.214 e. The summed E-state index contributed by atoms with van der Waals surface area (Å²) in [5, 5.41) is 0. The van der Waals surface area contributed by atoms with Crippen LogP contribution in [0.15, 0.2) is 33.6 Å². The number of fused-ring (bicyclic) bond motifs is 1. The van der Waals surface area contributed by atoms with Gasteiger partial charge in [0.05, 0.1) is 6.21 Å². The molecule has 1 heterocycles. The maximum absolute atomic E-state index is 3.99. The lowest BCUT2D eigenvalue weighted by Gasteiger charge is -2.05. The minimum absolute atomic E-state index is 0.864. The van der Waals surface area contributed by atoms with Crippen LogP contribution < -0.4 is 0 Å². The highest BCUT2D eigenvalue weighted by atomic mass is 32.2. The molecule has 0 saturated carbocycles. The number of rotatable bonds is 0. The molecule has 1 aliphatic rings. The van der Waals surface area contributed by atoms with Crippen LogP contribution in [0.2, 0.25) is 0 Å². The van der Waals surface area contributed by atoms with Gasteiger partial charge in [-0.05, 0) is 11.6 Å². The first-order valence-electron chi connectivity index (χ1n) is 3.14. The molecule has 1 aromatic carbocycles. The Morgan fingerprint density at radius 1 is 1.40 bits per heavy atom. The molecule has 1 nitrogen and oxygen atoms in total. The molecule has 0 bridgehead atoms. The number of hydrogen-bond acceptors (Lipinski definition) is 2. The molecule has 0 unspecified atom stereocenters. The monoisotopic (exact) mass is 148 g/mol. The first-order chi connectivity index (χ1) is 4.97. The standard InChI is InChI=1S/C8H6NS/c1-2-4-8-7(3-1)5-6-9-10-8/h1-4H,5H2. The Kier molecular flexibility index (Phi) is 1.47. The van der Waals surface area contributed by atoms with Gasteiger partial charge in [-0.3, -0.25) is 0 Å². The largest absolute Gasteiger partial charge is 0.214 e. The van der Waals surface area contributed by atoms with Crippen molar-refractivity contribution in [1.29, 1.82) is 0 Å². The zero-order valence-electron chi connectivity index (χ0n) is 5.37. The molecule has 1 radical (unpaired) electrons. The van der Waals surface area contributed by atoms with Crippen LogP contribution in [0, 0.1) is 0 Å². The molecule has 0 N–H and O–H groups in total. The fourth-order valence-electron chi connectivity index (χ4n) is 0.938. The average Bonchev–Trinajstić information content (AvgIpc) is 2.05. The molecular formula is C8H6NS. The molecule has 2 heteroatoms. The van der Waals surface area contributed by atoms with Gasteiger partial charge in [0.25, 0.3) is 0 Å². The highest BCUT2D eigenvalue weighted by Crippen LogP contribution is 2.26. The van der Waals surface area contributed by atoms with E-state index in [-0.39, 0.29) is 0 Å². The number of benzene rings is 1. The summed E-state index contributed by atoms with van der Waals surface area (Å²) in [4.78, 5) is 1.27. The van der Waals surface area contributed by atoms with Crippen LogP contribution >= 0.6 is 11.9 Å². The fourth-order valence-corrected chi connectivity index (χ4v) is 1.56.